The Morgan fingerprint density at radius 2 is 1.73 bits per heavy atom. The van der Waals surface area contributed by atoms with E-state index in [2.05, 4.69) is 32.2 Å². The number of methoxy groups -OCH3 is 1. The highest BCUT2D eigenvalue weighted by Gasteiger charge is 2.16. The molecule has 4 rings (SSSR count). The lowest BCUT2D eigenvalue weighted by Crippen LogP contribution is -2.14. The van der Waals surface area contributed by atoms with E-state index in [1.165, 1.54) is 5.56 Å². The Kier molecular flexibility index (Phi) is 5.31. The van der Waals surface area contributed by atoms with Crippen molar-refractivity contribution in [1.82, 2.24) is 4.98 Å². The van der Waals surface area contributed by atoms with Crippen LogP contribution in [0.25, 0.3) is 20.8 Å². The summed E-state index contributed by atoms with van der Waals surface area (Å²) >= 11 is 1.63. The Labute approximate surface area is 180 Å². The molecular weight excluding hydrogens is 392 g/mol. The highest BCUT2D eigenvalue weighted by atomic mass is 32.1. The van der Waals surface area contributed by atoms with Crippen LogP contribution in [0.3, 0.4) is 0 Å². The predicted octanol–water partition coefficient (Wildman–Crippen LogP) is 6.52. The molecule has 1 aromatic heterocycles. The molecule has 0 saturated carbocycles. The van der Waals surface area contributed by atoms with E-state index < -0.39 is 0 Å². The summed E-state index contributed by atoms with van der Waals surface area (Å²) in [6.45, 7) is 6.46. The number of ether oxygens (including phenoxy) is 1. The molecule has 0 atom stereocenters. The van der Waals surface area contributed by atoms with Crippen molar-refractivity contribution < 1.29 is 9.53 Å². The van der Waals surface area contributed by atoms with Crippen LogP contribution in [-0.4, -0.2) is 18.0 Å². The maximum atomic E-state index is 12.9. The van der Waals surface area contributed by atoms with Crippen molar-refractivity contribution >= 4 is 33.1 Å². The van der Waals surface area contributed by atoms with Crippen molar-refractivity contribution in [1.29, 1.82) is 0 Å². The van der Waals surface area contributed by atoms with Gasteiger partial charge >= 0.3 is 0 Å². The van der Waals surface area contributed by atoms with Gasteiger partial charge in [0.2, 0.25) is 0 Å². The van der Waals surface area contributed by atoms with Crippen LogP contribution in [0.1, 0.15) is 36.7 Å². The first-order valence-corrected chi connectivity index (χ1v) is 10.6. The summed E-state index contributed by atoms with van der Waals surface area (Å²) in [5.41, 5.74) is 4.38. The summed E-state index contributed by atoms with van der Waals surface area (Å²) in [7, 11) is 1.60. The molecule has 1 heterocycles. The van der Waals surface area contributed by atoms with Crippen molar-refractivity contribution in [2.24, 2.45) is 0 Å². The standard InChI is InChI=1S/C25H24N2O2S/c1-25(2,3)18-12-9-16(10-13-18)23(28)26-20-15-17(11-14-21(20)29-4)24-27-19-7-5-6-8-22(19)30-24/h5-15H,1-4H3,(H,26,28). The molecule has 1 N–H and O–H groups in total. The molecule has 0 fully saturated rings. The molecule has 0 bridgehead atoms. The normalized spacial score (nSPS) is 11.5. The van der Waals surface area contributed by atoms with Crippen LogP contribution < -0.4 is 10.1 Å². The minimum atomic E-state index is -0.171. The lowest BCUT2D eigenvalue weighted by molar-refractivity contribution is 0.102. The van der Waals surface area contributed by atoms with E-state index in [0.29, 0.717) is 17.0 Å². The third kappa shape index (κ3) is 4.07. The lowest BCUT2D eigenvalue weighted by Gasteiger charge is -2.19. The van der Waals surface area contributed by atoms with Gasteiger partial charge in [-0.3, -0.25) is 4.79 Å². The van der Waals surface area contributed by atoms with Crippen LogP contribution in [0, 0.1) is 0 Å². The summed E-state index contributed by atoms with van der Waals surface area (Å²) in [5, 5.41) is 3.90. The maximum absolute atomic E-state index is 12.9. The fourth-order valence-corrected chi connectivity index (χ4v) is 4.21. The van der Waals surface area contributed by atoms with Gasteiger partial charge in [0.15, 0.2) is 0 Å². The zero-order valence-electron chi connectivity index (χ0n) is 17.5. The van der Waals surface area contributed by atoms with Crippen molar-refractivity contribution in [3.05, 3.63) is 77.9 Å². The third-order valence-corrected chi connectivity index (χ3v) is 6.09. The third-order valence-electron chi connectivity index (χ3n) is 5.00. The van der Waals surface area contributed by atoms with Gasteiger partial charge in [-0.25, -0.2) is 4.98 Å². The van der Waals surface area contributed by atoms with E-state index in [9.17, 15) is 4.79 Å². The van der Waals surface area contributed by atoms with E-state index in [0.717, 1.165) is 20.8 Å². The molecule has 0 aliphatic carbocycles. The molecule has 4 nitrogen and oxygen atoms in total. The molecule has 0 unspecified atom stereocenters. The molecular formula is C25H24N2O2S. The summed E-state index contributed by atoms with van der Waals surface area (Å²) in [4.78, 5) is 17.6. The van der Waals surface area contributed by atoms with Gasteiger partial charge in [0, 0.05) is 11.1 Å². The number of rotatable bonds is 4. The predicted molar refractivity (Wildman–Crippen MR) is 125 cm³/mol. The van der Waals surface area contributed by atoms with Crippen LogP contribution in [0.2, 0.25) is 0 Å². The van der Waals surface area contributed by atoms with E-state index in [1.807, 2.05) is 60.7 Å². The van der Waals surface area contributed by atoms with Crippen LogP contribution >= 0.6 is 11.3 Å². The van der Waals surface area contributed by atoms with Gasteiger partial charge in [-0.1, -0.05) is 45.0 Å². The van der Waals surface area contributed by atoms with Gasteiger partial charge < -0.3 is 10.1 Å². The zero-order valence-corrected chi connectivity index (χ0v) is 18.3. The van der Waals surface area contributed by atoms with Crippen LogP contribution in [0.5, 0.6) is 5.75 Å². The molecule has 0 radical (unpaired) electrons. The lowest BCUT2D eigenvalue weighted by atomic mass is 9.87. The number of amides is 1. The van der Waals surface area contributed by atoms with Crippen LogP contribution in [0.4, 0.5) is 5.69 Å². The summed E-state index contributed by atoms with van der Waals surface area (Å²) in [5.74, 6) is 0.440. The molecule has 5 heteroatoms. The monoisotopic (exact) mass is 416 g/mol. The first kappa shape index (κ1) is 20.1. The van der Waals surface area contributed by atoms with E-state index >= 15 is 0 Å². The average molecular weight is 417 g/mol. The molecule has 3 aromatic carbocycles. The van der Waals surface area contributed by atoms with Gasteiger partial charge in [-0.05, 0) is 53.4 Å². The van der Waals surface area contributed by atoms with E-state index in [-0.39, 0.29) is 11.3 Å². The number of carbonyl (C=O) groups excluding carboxylic acids is 1. The average Bonchev–Trinajstić information content (AvgIpc) is 3.17. The van der Waals surface area contributed by atoms with Crippen LogP contribution in [0.15, 0.2) is 66.7 Å². The first-order chi connectivity index (χ1) is 14.3. The minimum absolute atomic E-state index is 0.0454. The van der Waals surface area contributed by atoms with Crippen molar-refractivity contribution in [3.8, 4) is 16.3 Å². The van der Waals surface area contributed by atoms with E-state index in [4.69, 9.17) is 9.72 Å². The fraction of sp³-hybridized carbons (Fsp3) is 0.200. The number of hydrogen-bond acceptors (Lipinski definition) is 4. The number of aromatic nitrogens is 1. The second-order valence-electron chi connectivity index (χ2n) is 8.18. The van der Waals surface area contributed by atoms with Gasteiger partial charge in [0.25, 0.3) is 5.91 Å². The summed E-state index contributed by atoms with van der Waals surface area (Å²) in [6.07, 6.45) is 0. The molecule has 1 amide bonds. The number of thiazole rings is 1. The number of hydrogen-bond donors (Lipinski definition) is 1. The zero-order chi connectivity index (χ0) is 21.3. The topological polar surface area (TPSA) is 51.2 Å². The van der Waals surface area contributed by atoms with Crippen molar-refractivity contribution in [2.45, 2.75) is 26.2 Å². The molecule has 4 aromatic rings. The van der Waals surface area contributed by atoms with Crippen molar-refractivity contribution in [2.75, 3.05) is 12.4 Å². The second kappa shape index (κ2) is 7.92. The summed E-state index contributed by atoms with van der Waals surface area (Å²) < 4.78 is 6.60. The number of nitrogens with one attached hydrogen (secondary N) is 1. The molecule has 0 aliphatic rings. The number of carbonyl (C=O) groups is 1. The Morgan fingerprint density at radius 3 is 2.40 bits per heavy atom. The molecule has 30 heavy (non-hydrogen) atoms. The molecule has 0 saturated heterocycles. The van der Waals surface area contributed by atoms with Gasteiger partial charge in [0.1, 0.15) is 10.8 Å². The number of anilines is 1. The molecule has 0 aliphatic heterocycles. The second-order valence-corrected chi connectivity index (χ2v) is 9.21. The smallest absolute Gasteiger partial charge is 0.255 e. The highest BCUT2D eigenvalue weighted by Crippen LogP contribution is 2.35. The van der Waals surface area contributed by atoms with Gasteiger partial charge in [-0.15, -0.1) is 11.3 Å². The Bertz CT molecular complexity index is 1170. The SMILES string of the molecule is COc1ccc(-c2nc3ccccc3s2)cc1NC(=O)c1ccc(C(C)(C)C)cc1. The molecule has 152 valence electrons. The fourth-order valence-electron chi connectivity index (χ4n) is 3.25. The largest absolute Gasteiger partial charge is 0.495 e. The van der Waals surface area contributed by atoms with Gasteiger partial charge in [0.05, 0.1) is 23.0 Å². The maximum Gasteiger partial charge on any atom is 0.255 e. The minimum Gasteiger partial charge on any atom is -0.495 e. The Hall–Kier alpha value is -3.18. The number of fused-ring (bicyclic) bond motifs is 1. The quantitative estimate of drug-likeness (QED) is 0.412. The van der Waals surface area contributed by atoms with Crippen LogP contribution in [-0.2, 0) is 5.41 Å². The first-order valence-electron chi connectivity index (χ1n) is 9.81. The number of nitrogens with zero attached hydrogens (tertiary/aromatic N) is 1. The van der Waals surface area contributed by atoms with Gasteiger partial charge in [-0.2, -0.15) is 0 Å². The number of benzene rings is 3. The van der Waals surface area contributed by atoms with Crippen molar-refractivity contribution in [3.63, 3.8) is 0 Å². The molecule has 0 spiro atoms. The van der Waals surface area contributed by atoms with E-state index in [1.54, 1.807) is 18.4 Å². The highest BCUT2D eigenvalue weighted by molar-refractivity contribution is 7.21. The number of para-hydroxylation sites is 1. The Morgan fingerprint density at radius 1 is 1.00 bits per heavy atom. The Balaban J connectivity index is 1.63. The summed E-state index contributed by atoms with van der Waals surface area (Å²) in [6, 6.07) is 21.5.